The van der Waals surface area contributed by atoms with E-state index in [0.29, 0.717) is 13.0 Å². The van der Waals surface area contributed by atoms with Crippen molar-refractivity contribution in [1.29, 1.82) is 0 Å². The van der Waals surface area contributed by atoms with Gasteiger partial charge in [0.05, 0.1) is 40.7 Å². The Morgan fingerprint density at radius 3 is 2.38 bits per heavy atom. The van der Waals surface area contributed by atoms with Crippen LogP contribution in [0.2, 0.25) is 0 Å². The van der Waals surface area contributed by atoms with Gasteiger partial charge in [0, 0.05) is 0 Å². The Morgan fingerprint density at radius 1 is 1.31 bits per heavy atom. The largest absolute Gasteiger partial charge is 0.466 e. The molecular formula is C10H22NO2+. The molecule has 3 nitrogen and oxygen atoms in total. The van der Waals surface area contributed by atoms with Crippen molar-refractivity contribution in [2.75, 3.05) is 34.3 Å². The smallest absolute Gasteiger partial charge is 0.311 e. The molecule has 0 atom stereocenters. The minimum atomic E-state index is -0.0681. The van der Waals surface area contributed by atoms with Gasteiger partial charge in [-0.1, -0.05) is 13.3 Å². The fourth-order valence-corrected chi connectivity index (χ4v) is 0.829. The zero-order valence-electron chi connectivity index (χ0n) is 9.30. The van der Waals surface area contributed by atoms with Crippen molar-refractivity contribution in [2.24, 2.45) is 0 Å². The highest BCUT2D eigenvalue weighted by molar-refractivity contribution is 5.69. The predicted octanol–water partition coefficient (Wildman–Crippen LogP) is 1.43. The summed E-state index contributed by atoms with van der Waals surface area (Å²) >= 11 is 0. The molecule has 78 valence electrons. The summed E-state index contributed by atoms with van der Waals surface area (Å²) in [6.45, 7) is 3.50. The molecule has 0 N–H and O–H groups in total. The van der Waals surface area contributed by atoms with Crippen LogP contribution in [-0.4, -0.2) is 44.7 Å². The quantitative estimate of drug-likeness (QED) is 0.358. The Kier molecular flexibility index (Phi) is 5.71. The number of carbonyl (C=O) groups excluding carboxylic acids is 1. The number of carbonyl (C=O) groups is 1. The minimum absolute atomic E-state index is 0.0681. The van der Waals surface area contributed by atoms with Crippen LogP contribution in [0, 0.1) is 0 Å². The van der Waals surface area contributed by atoms with Crippen molar-refractivity contribution >= 4 is 5.97 Å². The van der Waals surface area contributed by atoms with E-state index in [0.717, 1.165) is 23.9 Å². The van der Waals surface area contributed by atoms with E-state index < -0.39 is 0 Å². The summed E-state index contributed by atoms with van der Waals surface area (Å²) in [6.07, 6.45) is 2.56. The van der Waals surface area contributed by atoms with Gasteiger partial charge >= 0.3 is 5.97 Å². The molecule has 0 aromatic carbocycles. The molecule has 0 rings (SSSR count). The highest BCUT2D eigenvalue weighted by Crippen LogP contribution is 1.97. The van der Waals surface area contributed by atoms with Gasteiger partial charge in [0.25, 0.3) is 0 Å². The molecule has 0 spiro atoms. The van der Waals surface area contributed by atoms with E-state index in [1.165, 1.54) is 0 Å². The summed E-state index contributed by atoms with van der Waals surface area (Å²) in [4.78, 5) is 11.1. The van der Waals surface area contributed by atoms with Crippen molar-refractivity contribution in [3.05, 3.63) is 0 Å². The molecule has 0 radical (unpaired) electrons. The van der Waals surface area contributed by atoms with Crippen molar-refractivity contribution in [2.45, 2.75) is 26.2 Å². The highest BCUT2D eigenvalue weighted by atomic mass is 16.5. The second kappa shape index (κ2) is 5.97. The third kappa shape index (κ3) is 9.34. The molecule has 0 heterocycles. The lowest BCUT2D eigenvalue weighted by atomic mass is 10.3. The minimum Gasteiger partial charge on any atom is -0.466 e. The molecule has 0 bridgehead atoms. The fourth-order valence-electron chi connectivity index (χ4n) is 0.829. The van der Waals surface area contributed by atoms with E-state index in [2.05, 4.69) is 28.1 Å². The van der Waals surface area contributed by atoms with Crippen LogP contribution in [0.25, 0.3) is 0 Å². The van der Waals surface area contributed by atoms with Gasteiger partial charge in [-0.15, -0.1) is 0 Å². The van der Waals surface area contributed by atoms with E-state index in [9.17, 15) is 4.79 Å². The van der Waals surface area contributed by atoms with Crippen LogP contribution in [0.1, 0.15) is 26.2 Å². The first-order valence-electron chi connectivity index (χ1n) is 4.92. The topological polar surface area (TPSA) is 26.3 Å². The van der Waals surface area contributed by atoms with Gasteiger partial charge in [-0.3, -0.25) is 4.79 Å². The van der Waals surface area contributed by atoms with Crippen LogP contribution in [0.5, 0.6) is 0 Å². The number of quaternary nitrogens is 1. The molecule has 0 saturated carbocycles. The second-order valence-electron chi connectivity index (χ2n) is 4.34. The Labute approximate surface area is 81.3 Å². The van der Waals surface area contributed by atoms with Gasteiger partial charge in [-0.05, 0) is 6.42 Å². The number of esters is 1. The van der Waals surface area contributed by atoms with Gasteiger partial charge < -0.3 is 9.22 Å². The Balaban J connectivity index is 3.41. The summed E-state index contributed by atoms with van der Waals surface area (Å²) in [6, 6.07) is 0. The Bertz CT molecular complexity index is 149. The molecule has 0 aliphatic heterocycles. The number of unbranched alkanes of at least 4 members (excludes halogenated alkanes) is 1. The monoisotopic (exact) mass is 188 g/mol. The summed E-state index contributed by atoms with van der Waals surface area (Å²) in [7, 11) is 6.21. The first kappa shape index (κ1) is 12.4. The van der Waals surface area contributed by atoms with Crippen LogP contribution in [0.4, 0.5) is 0 Å². The maximum absolute atomic E-state index is 11.1. The van der Waals surface area contributed by atoms with Crippen molar-refractivity contribution in [1.82, 2.24) is 0 Å². The van der Waals surface area contributed by atoms with E-state index in [4.69, 9.17) is 4.74 Å². The standard InChI is InChI=1S/C10H22NO2/c1-5-6-9-13-10(12)7-8-11(2,3)4/h5-9H2,1-4H3/q+1. The summed E-state index contributed by atoms with van der Waals surface area (Å²) < 4.78 is 5.84. The van der Waals surface area contributed by atoms with Crippen LogP contribution >= 0.6 is 0 Å². The summed E-state index contributed by atoms with van der Waals surface area (Å²) in [5.74, 6) is -0.0681. The molecule has 0 unspecified atom stereocenters. The zero-order chi connectivity index (χ0) is 10.3. The van der Waals surface area contributed by atoms with Gasteiger partial charge in [-0.25, -0.2) is 0 Å². The third-order valence-electron chi connectivity index (χ3n) is 1.75. The predicted molar refractivity (Wildman–Crippen MR) is 53.4 cm³/mol. The molecule has 0 aromatic rings. The lowest BCUT2D eigenvalue weighted by Gasteiger charge is -2.23. The molecule has 0 amide bonds. The molecular weight excluding hydrogens is 166 g/mol. The van der Waals surface area contributed by atoms with E-state index in [1.807, 2.05) is 0 Å². The van der Waals surface area contributed by atoms with Crippen molar-refractivity contribution in [3.8, 4) is 0 Å². The summed E-state index contributed by atoms with van der Waals surface area (Å²) in [5, 5.41) is 0. The normalized spacial score (nSPS) is 11.4. The van der Waals surface area contributed by atoms with Crippen LogP contribution in [-0.2, 0) is 9.53 Å². The molecule has 13 heavy (non-hydrogen) atoms. The van der Waals surface area contributed by atoms with Gasteiger partial charge in [-0.2, -0.15) is 0 Å². The van der Waals surface area contributed by atoms with Gasteiger partial charge in [0.15, 0.2) is 0 Å². The molecule has 0 aromatic heterocycles. The first-order chi connectivity index (χ1) is 5.95. The lowest BCUT2D eigenvalue weighted by molar-refractivity contribution is -0.869. The average molecular weight is 188 g/mol. The summed E-state index contributed by atoms with van der Waals surface area (Å²) in [5.41, 5.74) is 0. The van der Waals surface area contributed by atoms with Crippen LogP contribution < -0.4 is 0 Å². The lowest BCUT2D eigenvalue weighted by Crippen LogP contribution is -2.36. The molecule has 0 fully saturated rings. The number of ether oxygens (including phenoxy) is 1. The van der Waals surface area contributed by atoms with Crippen molar-refractivity contribution < 1.29 is 14.0 Å². The van der Waals surface area contributed by atoms with E-state index in [1.54, 1.807) is 0 Å². The number of hydrogen-bond donors (Lipinski definition) is 0. The number of rotatable bonds is 6. The Morgan fingerprint density at radius 2 is 1.92 bits per heavy atom. The average Bonchev–Trinajstić information content (AvgIpc) is 2.00. The Hall–Kier alpha value is -0.570. The maximum Gasteiger partial charge on any atom is 0.311 e. The third-order valence-corrected chi connectivity index (χ3v) is 1.75. The van der Waals surface area contributed by atoms with Crippen LogP contribution in [0.15, 0.2) is 0 Å². The highest BCUT2D eigenvalue weighted by Gasteiger charge is 2.11. The van der Waals surface area contributed by atoms with E-state index in [-0.39, 0.29) is 5.97 Å². The molecule has 0 saturated heterocycles. The first-order valence-corrected chi connectivity index (χ1v) is 4.92. The SMILES string of the molecule is CCCCOC(=O)CC[N+](C)(C)C. The van der Waals surface area contributed by atoms with E-state index >= 15 is 0 Å². The molecule has 0 aliphatic carbocycles. The fraction of sp³-hybridized carbons (Fsp3) is 0.900. The maximum atomic E-state index is 11.1. The second-order valence-corrected chi connectivity index (χ2v) is 4.34. The number of hydrogen-bond acceptors (Lipinski definition) is 2. The van der Waals surface area contributed by atoms with Crippen molar-refractivity contribution in [3.63, 3.8) is 0 Å². The number of nitrogens with zero attached hydrogens (tertiary/aromatic N) is 1. The molecule has 0 aliphatic rings. The molecule has 3 heteroatoms. The van der Waals surface area contributed by atoms with Gasteiger partial charge in [0.1, 0.15) is 0 Å². The van der Waals surface area contributed by atoms with Crippen LogP contribution in [0.3, 0.4) is 0 Å². The zero-order valence-corrected chi connectivity index (χ0v) is 9.30. The van der Waals surface area contributed by atoms with Gasteiger partial charge in [0.2, 0.25) is 0 Å².